The summed E-state index contributed by atoms with van der Waals surface area (Å²) < 4.78 is 0. The van der Waals surface area contributed by atoms with Crippen molar-refractivity contribution >= 4 is 0 Å². The van der Waals surface area contributed by atoms with Gasteiger partial charge >= 0.3 is 0 Å². The lowest BCUT2D eigenvalue weighted by atomic mass is 9.70. The van der Waals surface area contributed by atoms with Crippen LogP contribution in [0.4, 0.5) is 0 Å². The Hall–Kier alpha value is -0.0800. The molecule has 2 nitrogen and oxygen atoms in total. The summed E-state index contributed by atoms with van der Waals surface area (Å²) in [6.45, 7) is 10.8. The maximum Gasteiger partial charge on any atom is 0.0642 e. The second-order valence-corrected chi connectivity index (χ2v) is 7.40. The molecule has 1 saturated heterocycles. The second kappa shape index (κ2) is 3.71. The Labute approximate surface area is 105 Å². The van der Waals surface area contributed by atoms with Crippen LogP contribution in [0.25, 0.3) is 0 Å². The molecule has 3 rings (SSSR count). The van der Waals surface area contributed by atoms with Crippen molar-refractivity contribution in [1.29, 1.82) is 0 Å². The number of hydrogen-bond acceptors (Lipinski definition) is 2. The van der Waals surface area contributed by atoms with Crippen molar-refractivity contribution in [1.82, 2.24) is 4.90 Å². The Morgan fingerprint density at radius 3 is 2.35 bits per heavy atom. The Kier molecular flexibility index (Phi) is 2.61. The first kappa shape index (κ1) is 12.0. The Morgan fingerprint density at radius 2 is 1.82 bits per heavy atom. The van der Waals surface area contributed by atoms with Crippen molar-refractivity contribution in [2.24, 2.45) is 22.7 Å². The van der Waals surface area contributed by atoms with E-state index in [0.717, 1.165) is 12.5 Å². The van der Waals surface area contributed by atoms with Crippen LogP contribution in [-0.4, -0.2) is 35.7 Å². The number of likely N-dealkylation sites (tertiary alicyclic amines) is 1. The molecule has 2 aliphatic carbocycles. The van der Waals surface area contributed by atoms with Crippen LogP contribution < -0.4 is 0 Å². The first-order valence-electron chi connectivity index (χ1n) is 7.37. The van der Waals surface area contributed by atoms with Crippen molar-refractivity contribution in [3.8, 4) is 0 Å². The minimum atomic E-state index is -0.0724. The Balaban J connectivity index is 1.78. The molecule has 0 aromatic carbocycles. The largest absolute Gasteiger partial charge is 0.392 e. The van der Waals surface area contributed by atoms with Crippen molar-refractivity contribution in [3.63, 3.8) is 0 Å². The third-order valence-electron chi connectivity index (χ3n) is 6.62. The fraction of sp³-hybridized carbons (Fsp3) is 1.00. The number of aliphatic hydroxyl groups excluding tert-OH is 1. The van der Waals surface area contributed by atoms with Gasteiger partial charge in [0.2, 0.25) is 0 Å². The number of aliphatic hydroxyl groups is 1. The molecule has 0 aromatic rings. The van der Waals surface area contributed by atoms with E-state index in [4.69, 9.17) is 0 Å². The highest BCUT2D eigenvalue weighted by Gasteiger charge is 2.65. The zero-order valence-electron chi connectivity index (χ0n) is 11.6. The second-order valence-electron chi connectivity index (χ2n) is 7.40. The molecule has 1 heterocycles. The van der Waals surface area contributed by atoms with Gasteiger partial charge in [-0.2, -0.15) is 0 Å². The molecule has 0 aromatic heterocycles. The average Bonchev–Trinajstić information content (AvgIpc) is 2.87. The summed E-state index contributed by atoms with van der Waals surface area (Å²) in [5, 5.41) is 10.7. The van der Waals surface area contributed by atoms with Gasteiger partial charge in [0.1, 0.15) is 0 Å². The van der Waals surface area contributed by atoms with Gasteiger partial charge in [0.15, 0.2) is 0 Å². The molecule has 3 fully saturated rings. The van der Waals surface area contributed by atoms with Crippen molar-refractivity contribution < 1.29 is 5.11 Å². The maximum atomic E-state index is 10.7. The highest BCUT2D eigenvalue weighted by Crippen LogP contribution is 2.67. The van der Waals surface area contributed by atoms with E-state index < -0.39 is 0 Å². The van der Waals surface area contributed by atoms with Crippen LogP contribution >= 0.6 is 0 Å². The molecule has 1 N–H and O–H groups in total. The lowest BCUT2D eigenvalue weighted by Crippen LogP contribution is -2.41. The highest BCUT2D eigenvalue weighted by molar-refractivity contribution is 5.14. The minimum Gasteiger partial charge on any atom is -0.392 e. The van der Waals surface area contributed by atoms with Gasteiger partial charge in [-0.15, -0.1) is 0 Å². The van der Waals surface area contributed by atoms with E-state index in [1.54, 1.807) is 0 Å². The third kappa shape index (κ3) is 1.46. The molecule has 0 radical (unpaired) electrons. The van der Waals surface area contributed by atoms with Crippen LogP contribution in [-0.2, 0) is 0 Å². The monoisotopic (exact) mass is 237 g/mol. The zero-order valence-corrected chi connectivity index (χ0v) is 11.6. The van der Waals surface area contributed by atoms with Crippen LogP contribution in [0.2, 0.25) is 0 Å². The fourth-order valence-corrected chi connectivity index (χ4v) is 5.02. The fourth-order valence-electron chi connectivity index (χ4n) is 5.02. The van der Waals surface area contributed by atoms with Gasteiger partial charge in [-0.3, -0.25) is 0 Å². The first-order chi connectivity index (χ1) is 7.97. The molecular formula is C15H27NO. The van der Waals surface area contributed by atoms with E-state index in [-0.39, 0.29) is 11.5 Å². The minimum absolute atomic E-state index is 0.0724. The standard InChI is InChI=1S/C15H27NO/c1-14(2)12-6-7-15(14,3)13(17)11(12)10-16-8-4-5-9-16/h11-13,17H,4-10H2,1-3H3. The van der Waals surface area contributed by atoms with E-state index in [2.05, 4.69) is 25.7 Å². The van der Waals surface area contributed by atoms with Crippen LogP contribution in [0, 0.1) is 22.7 Å². The topological polar surface area (TPSA) is 23.5 Å². The van der Waals surface area contributed by atoms with Crippen LogP contribution in [0.5, 0.6) is 0 Å². The summed E-state index contributed by atoms with van der Waals surface area (Å²) in [5.74, 6) is 1.27. The third-order valence-corrected chi connectivity index (χ3v) is 6.62. The molecule has 4 unspecified atom stereocenters. The van der Waals surface area contributed by atoms with Crippen LogP contribution in [0.15, 0.2) is 0 Å². The smallest absolute Gasteiger partial charge is 0.0642 e. The molecule has 2 heteroatoms. The lowest BCUT2D eigenvalue weighted by molar-refractivity contribution is -0.0168. The number of hydrogen-bond donors (Lipinski definition) is 1. The summed E-state index contributed by atoms with van der Waals surface area (Å²) in [6.07, 6.45) is 5.20. The molecule has 0 amide bonds. The maximum absolute atomic E-state index is 10.7. The molecule has 98 valence electrons. The van der Waals surface area contributed by atoms with E-state index in [1.807, 2.05) is 0 Å². The van der Waals surface area contributed by atoms with E-state index in [9.17, 15) is 5.11 Å². The molecule has 3 aliphatic rings. The molecular weight excluding hydrogens is 210 g/mol. The van der Waals surface area contributed by atoms with Gasteiger partial charge in [-0.05, 0) is 55.5 Å². The SMILES string of the molecule is CC1(C)C2CCC1(C)C(O)C2CN1CCCC1. The van der Waals surface area contributed by atoms with Crippen LogP contribution in [0.3, 0.4) is 0 Å². The summed E-state index contributed by atoms with van der Waals surface area (Å²) in [5.41, 5.74) is 0.499. The van der Waals surface area contributed by atoms with Gasteiger partial charge in [0.05, 0.1) is 6.10 Å². The van der Waals surface area contributed by atoms with Gasteiger partial charge < -0.3 is 10.0 Å². The number of rotatable bonds is 2. The van der Waals surface area contributed by atoms with E-state index in [1.165, 1.54) is 38.8 Å². The molecule has 2 saturated carbocycles. The first-order valence-corrected chi connectivity index (χ1v) is 7.37. The van der Waals surface area contributed by atoms with Crippen molar-refractivity contribution in [2.75, 3.05) is 19.6 Å². The molecule has 17 heavy (non-hydrogen) atoms. The highest BCUT2D eigenvalue weighted by atomic mass is 16.3. The lowest BCUT2D eigenvalue weighted by Gasteiger charge is -2.37. The Bertz CT molecular complexity index is 308. The van der Waals surface area contributed by atoms with Gasteiger partial charge in [-0.1, -0.05) is 20.8 Å². The molecule has 0 spiro atoms. The van der Waals surface area contributed by atoms with Gasteiger partial charge in [0, 0.05) is 12.5 Å². The summed E-state index contributed by atoms with van der Waals surface area (Å²) in [6, 6.07) is 0. The van der Waals surface area contributed by atoms with Crippen molar-refractivity contribution in [3.05, 3.63) is 0 Å². The van der Waals surface area contributed by atoms with Crippen LogP contribution in [0.1, 0.15) is 46.5 Å². The average molecular weight is 237 g/mol. The van der Waals surface area contributed by atoms with Crippen molar-refractivity contribution in [2.45, 2.75) is 52.6 Å². The molecule has 1 aliphatic heterocycles. The van der Waals surface area contributed by atoms with E-state index >= 15 is 0 Å². The summed E-state index contributed by atoms with van der Waals surface area (Å²) in [4.78, 5) is 2.58. The summed E-state index contributed by atoms with van der Waals surface area (Å²) >= 11 is 0. The van der Waals surface area contributed by atoms with Gasteiger partial charge in [0.25, 0.3) is 0 Å². The number of nitrogens with zero attached hydrogens (tertiary/aromatic N) is 1. The summed E-state index contributed by atoms with van der Waals surface area (Å²) in [7, 11) is 0. The zero-order chi connectivity index (χ0) is 12.3. The normalized spacial score (nSPS) is 49.1. The van der Waals surface area contributed by atoms with Gasteiger partial charge in [-0.25, -0.2) is 0 Å². The molecule has 4 atom stereocenters. The predicted molar refractivity (Wildman–Crippen MR) is 69.8 cm³/mol. The number of fused-ring (bicyclic) bond motifs is 2. The molecule has 2 bridgehead atoms. The predicted octanol–water partition coefficient (Wildman–Crippen LogP) is 2.52. The quantitative estimate of drug-likeness (QED) is 0.797. The van der Waals surface area contributed by atoms with E-state index in [0.29, 0.717) is 11.3 Å². The Morgan fingerprint density at radius 1 is 1.18 bits per heavy atom.